The summed E-state index contributed by atoms with van der Waals surface area (Å²) in [6.07, 6.45) is 0.872. The second-order valence-electron chi connectivity index (χ2n) is 9.36. The monoisotopic (exact) mass is 508 g/mol. The molecule has 0 saturated carbocycles. The molecule has 2 aromatic heterocycles. The molecule has 190 valence electrons. The average Bonchev–Trinajstić information content (AvgIpc) is 3.69. The minimum Gasteiger partial charge on any atom is -0.497 e. The molecule has 1 N–H and O–H groups in total. The second kappa shape index (κ2) is 8.91. The van der Waals surface area contributed by atoms with Gasteiger partial charge in [-0.1, -0.05) is 30.3 Å². The van der Waals surface area contributed by atoms with Crippen LogP contribution in [0, 0.1) is 0 Å². The Morgan fingerprint density at radius 1 is 1.05 bits per heavy atom. The highest BCUT2D eigenvalue weighted by atomic mass is 16.7. The molecule has 0 spiro atoms. The predicted molar refractivity (Wildman–Crippen MR) is 140 cm³/mol. The van der Waals surface area contributed by atoms with Gasteiger partial charge < -0.3 is 24.1 Å². The normalized spacial score (nSPS) is 14.6. The topological polar surface area (TPSA) is 107 Å². The molecule has 3 aromatic carbocycles. The zero-order chi connectivity index (χ0) is 25.6. The minimum atomic E-state index is -0.509. The fourth-order valence-corrected chi connectivity index (χ4v) is 5.32. The summed E-state index contributed by atoms with van der Waals surface area (Å²) in [5.41, 5.74) is 4.35. The first-order valence-electron chi connectivity index (χ1n) is 12.4. The molecule has 4 heterocycles. The first kappa shape index (κ1) is 22.3. The Morgan fingerprint density at radius 2 is 1.87 bits per heavy atom. The summed E-state index contributed by atoms with van der Waals surface area (Å²) in [5.74, 6) is 2.64. The maximum atomic E-state index is 13.6. The van der Waals surface area contributed by atoms with Crippen molar-refractivity contribution in [1.29, 1.82) is 0 Å². The van der Waals surface area contributed by atoms with Gasteiger partial charge >= 0.3 is 0 Å². The number of benzene rings is 3. The molecule has 0 aliphatic carbocycles. The largest absolute Gasteiger partial charge is 0.497 e. The van der Waals surface area contributed by atoms with Gasteiger partial charge in [-0.25, -0.2) is 4.68 Å². The number of H-pyrrole nitrogens is 1. The first-order chi connectivity index (χ1) is 18.7. The van der Waals surface area contributed by atoms with Crippen molar-refractivity contribution in [3.8, 4) is 17.2 Å². The molecule has 0 fully saturated rings. The van der Waals surface area contributed by atoms with E-state index in [9.17, 15) is 4.79 Å². The van der Waals surface area contributed by atoms with Crippen LogP contribution in [0.1, 0.15) is 28.6 Å². The van der Waals surface area contributed by atoms with Crippen molar-refractivity contribution in [1.82, 2.24) is 25.2 Å². The number of methoxy groups -OCH3 is 1. The van der Waals surface area contributed by atoms with Crippen molar-refractivity contribution in [2.24, 2.45) is 0 Å². The lowest BCUT2D eigenvalue weighted by atomic mass is 10.0. The van der Waals surface area contributed by atoms with E-state index in [1.807, 2.05) is 48.5 Å². The van der Waals surface area contributed by atoms with Crippen LogP contribution in [0.25, 0.3) is 10.9 Å². The van der Waals surface area contributed by atoms with Crippen molar-refractivity contribution in [3.05, 3.63) is 99.6 Å². The molecular weight excluding hydrogens is 484 g/mol. The number of nitrogens with one attached hydrogen (secondary N) is 1. The fourth-order valence-electron chi connectivity index (χ4n) is 5.32. The van der Waals surface area contributed by atoms with Gasteiger partial charge in [0, 0.05) is 29.2 Å². The summed E-state index contributed by atoms with van der Waals surface area (Å²) in [4.78, 5) is 18.9. The summed E-state index contributed by atoms with van der Waals surface area (Å²) in [7, 11) is 1.64. The Bertz CT molecular complexity index is 1710. The van der Waals surface area contributed by atoms with Crippen LogP contribution in [0.15, 0.2) is 71.5 Å². The molecule has 7 rings (SSSR count). The molecule has 0 bridgehead atoms. The van der Waals surface area contributed by atoms with Crippen LogP contribution in [0.3, 0.4) is 0 Å². The molecule has 10 nitrogen and oxygen atoms in total. The van der Waals surface area contributed by atoms with Crippen molar-refractivity contribution in [3.63, 3.8) is 0 Å². The van der Waals surface area contributed by atoms with Gasteiger partial charge in [0.2, 0.25) is 6.79 Å². The molecular formula is C28H24N6O4. The average molecular weight is 509 g/mol. The molecule has 2 aliphatic heterocycles. The number of hydrogen-bond acceptors (Lipinski definition) is 8. The summed E-state index contributed by atoms with van der Waals surface area (Å²) in [6.45, 7) is 1.34. The number of anilines is 1. The predicted octanol–water partition coefficient (Wildman–Crippen LogP) is 3.45. The molecule has 10 heteroatoms. The van der Waals surface area contributed by atoms with Crippen LogP contribution in [0.4, 0.5) is 5.69 Å². The number of tetrazole rings is 1. The minimum absolute atomic E-state index is 0.163. The first-order valence-corrected chi connectivity index (χ1v) is 12.4. The number of para-hydroxylation sites is 1. The zero-order valence-electron chi connectivity index (χ0n) is 20.6. The number of nitrogens with zero attached hydrogens (tertiary/aromatic N) is 5. The van der Waals surface area contributed by atoms with E-state index in [4.69, 9.17) is 14.2 Å². The van der Waals surface area contributed by atoms with Gasteiger partial charge in [0.1, 0.15) is 11.8 Å². The maximum Gasteiger partial charge on any atom is 0.254 e. The van der Waals surface area contributed by atoms with Gasteiger partial charge in [0.15, 0.2) is 17.3 Å². The highest BCUT2D eigenvalue weighted by molar-refractivity contribution is 5.83. The fraction of sp³-hybridized carbons (Fsp3) is 0.214. The van der Waals surface area contributed by atoms with Crippen molar-refractivity contribution in [2.45, 2.75) is 19.0 Å². The van der Waals surface area contributed by atoms with Crippen LogP contribution in [-0.4, -0.2) is 45.6 Å². The van der Waals surface area contributed by atoms with Crippen molar-refractivity contribution in [2.75, 3.05) is 25.3 Å². The van der Waals surface area contributed by atoms with E-state index in [1.54, 1.807) is 17.9 Å². The number of ether oxygens (including phenoxy) is 3. The summed E-state index contributed by atoms with van der Waals surface area (Å²) in [5, 5.41) is 13.6. The lowest BCUT2D eigenvalue weighted by Gasteiger charge is -2.29. The lowest BCUT2D eigenvalue weighted by molar-refractivity contribution is 0.174. The maximum absolute atomic E-state index is 13.6. The third-order valence-corrected chi connectivity index (χ3v) is 7.19. The van der Waals surface area contributed by atoms with Crippen LogP contribution < -0.4 is 24.7 Å². The van der Waals surface area contributed by atoms with E-state index < -0.39 is 6.04 Å². The summed E-state index contributed by atoms with van der Waals surface area (Å²) >= 11 is 0. The van der Waals surface area contributed by atoms with Crippen molar-refractivity contribution < 1.29 is 14.2 Å². The van der Waals surface area contributed by atoms with Crippen LogP contribution in [0.5, 0.6) is 17.2 Å². The Morgan fingerprint density at radius 3 is 2.71 bits per heavy atom. The molecule has 5 aromatic rings. The van der Waals surface area contributed by atoms with Gasteiger partial charge in [-0.05, 0) is 58.3 Å². The van der Waals surface area contributed by atoms with Crippen LogP contribution in [-0.2, 0) is 13.0 Å². The molecule has 0 radical (unpaired) electrons. The number of aromatic amines is 1. The number of aromatic nitrogens is 5. The van der Waals surface area contributed by atoms with Gasteiger partial charge in [0.05, 0.1) is 19.2 Å². The molecule has 0 saturated heterocycles. The van der Waals surface area contributed by atoms with E-state index in [1.165, 1.54) is 5.56 Å². The second-order valence-corrected chi connectivity index (χ2v) is 9.36. The van der Waals surface area contributed by atoms with Crippen LogP contribution >= 0.6 is 0 Å². The van der Waals surface area contributed by atoms with E-state index in [2.05, 4.69) is 37.5 Å². The highest BCUT2D eigenvalue weighted by Crippen LogP contribution is 2.39. The number of rotatable bonds is 6. The van der Waals surface area contributed by atoms with Gasteiger partial charge in [-0.15, -0.1) is 5.10 Å². The van der Waals surface area contributed by atoms with E-state index in [0.29, 0.717) is 34.9 Å². The third kappa shape index (κ3) is 3.73. The van der Waals surface area contributed by atoms with Gasteiger partial charge in [-0.2, -0.15) is 0 Å². The molecule has 0 amide bonds. The number of pyridine rings is 1. The van der Waals surface area contributed by atoms with E-state index in [-0.39, 0.29) is 12.4 Å². The van der Waals surface area contributed by atoms with Gasteiger partial charge in [0.25, 0.3) is 5.56 Å². The highest BCUT2D eigenvalue weighted by Gasteiger charge is 2.34. The Kier molecular flexibility index (Phi) is 5.24. The van der Waals surface area contributed by atoms with Gasteiger partial charge in [-0.3, -0.25) is 4.79 Å². The quantitative estimate of drug-likeness (QED) is 0.372. The Labute approximate surface area is 217 Å². The summed E-state index contributed by atoms with van der Waals surface area (Å²) in [6, 6.07) is 21.1. The molecule has 38 heavy (non-hydrogen) atoms. The molecule has 0 unspecified atom stereocenters. The third-order valence-electron chi connectivity index (χ3n) is 7.19. The zero-order valence-corrected chi connectivity index (χ0v) is 20.6. The van der Waals surface area contributed by atoms with E-state index in [0.717, 1.165) is 35.4 Å². The molecule has 2 aliphatic rings. The van der Waals surface area contributed by atoms with E-state index >= 15 is 0 Å². The standard InChI is InChI=1S/C28H24N6O4/c1-36-20-8-6-17(7-9-20)15-34-27(30-31-32-34)26(33-11-10-18-4-2-3-5-23(18)33)21-12-19-13-24-25(38-16-37-24)14-22(19)29-28(21)35/h2-9,12-14,26H,10-11,15-16H2,1H3,(H,29,35)/t26-/m0/s1. The lowest BCUT2D eigenvalue weighted by Crippen LogP contribution is -2.34. The molecule has 1 atom stereocenters. The Hall–Kier alpha value is -4.86. The van der Waals surface area contributed by atoms with Crippen LogP contribution in [0.2, 0.25) is 0 Å². The Balaban J connectivity index is 1.37. The number of fused-ring (bicyclic) bond motifs is 3. The summed E-state index contributed by atoms with van der Waals surface area (Å²) < 4.78 is 18.1. The number of hydrogen-bond donors (Lipinski definition) is 1. The van der Waals surface area contributed by atoms with Crippen molar-refractivity contribution >= 4 is 16.6 Å². The SMILES string of the molecule is COc1ccc(Cn2nnnc2[C@H](c2cc3cc4c(cc3[nH]c2=O)OCO4)N2CCc3ccccc32)cc1. The smallest absolute Gasteiger partial charge is 0.254 e.